The van der Waals surface area contributed by atoms with Crippen LogP contribution in [-0.4, -0.2) is 51.3 Å². The van der Waals surface area contributed by atoms with E-state index in [-0.39, 0.29) is 0 Å². The second-order valence-electron chi connectivity index (χ2n) is 6.23. The summed E-state index contributed by atoms with van der Waals surface area (Å²) in [4.78, 5) is 4.87. The molecule has 2 aromatic rings. The standard InChI is InChI=1S/C20H26N2O2/c1-21(13-14-24-20-10-6-9-19(15-20)23-2)18-11-12-22(16-18)17-7-4-3-5-8-17/h3-10,15,18H,11-14,16H2,1-2H3. The molecule has 0 aromatic heterocycles. The number of likely N-dealkylation sites (N-methyl/N-ethyl adjacent to an activating group) is 1. The van der Waals surface area contributed by atoms with Gasteiger partial charge in [0.15, 0.2) is 0 Å². The fourth-order valence-electron chi connectivity index (χ4n) is 3.16. The molecule has 3 rings (SSSR count). The minimum atomic E-state index is 0.583. The van der Waals surface area contributed by atoms with E-state index < -0.39 is 0 Å². The number of rotatable bonds is 7. The summed E-state index contributed by atoms with van der Waals surface area (Å²) in [6.45, 7) is 3.81. The van der Waals surface area contributed by atoms with Crippen LogP contribution in [0.25, 0.3) is 0 Å². The molecular formula is C20H26N2O2. The highest BCUT2D eigenvalue weighted by molar-refractivity contribution is 5.47. The van der Waals surface area contributed by atoms with Crippen LogP contribution < -0.4 is 14.4 Å². The molecule has 24 heavy (non-hydrogen) atoms. The monoisotopic (exact) mass is 326 g/mol. The molecule has 4 heteroatoms. The lowest BCUT2D eigenvalue weighted by atomic mass is 10.2. The summed E-state index contributed by atoms with van der Waals surface area (Å²) in [5.41, 5.74) is 1.32. The summed E-state index contributed by atoms with van der Waals surface area (Å²) in [5, 5.41) is 0. The van der Waals surface area contributed by atoms with Gasteiger partial charge in [-0.05, 0) is 37.7 Å². The molecule has 1 saturated heterocycles. The van der Waals surface area contributed by atoms with Crippen LogP contribution in [-0.2, 0) is 0 Å². The molecule has 0 N–H and O–H groups in total. The molecule has 128 valence electrons. The Hall–Kier alpha value is -2.20. The van der Waals surface area contributed by atoms with Gasteiger partial charge in [0.1, 0.15) is 18.1 Å². The average Bonchev–Trinajstić information content (AvgIpc) is 3.13. The predicted octanol–water partition coefficient (Wildman–Crippen LogP) is 3.28. The van der Waals surface area contributed by atoms with Crippen LogP contribution >= 0.6 is 0 Å². The van der Waals surface area contributed by atoms with Crippen molar-refractivity contribution < 1.29 is 9.47 Å². The van der Waals surface area contributed by atoms with Crippen molar-refractivity contribution in [3.8, 4) is 11.5 Å². The average molecular weight is 326 g/mol. The Labute approximate surface area is 144 Å². The van der Waals surface area contributed by atoms with Crippen LogP contribution in [0.5, 0.6) is 11.5 Å². The third kappa shape index (κ3) is 4.20. The van der Waals surface area contributed by atoms with Gasteiger partial charge in [0.25, 0.3) is 0 Å². The molecule has 0 amide bonds. The molecule has 1 heterocycles. The molecule has 1 atom stereocenters. The topological polar surface area (TPSA) is 24.9 Å². The number of nitrogens with zero attached hydrogens (tertiary/aromatic N) is 2. The van der Waals surface area contributed by atoms with Crippen LogP contribution in [0.3, 0.4) is 0 Å². The van der Waals surface area contributed by atoms with Gasteiger partial charge >= 0.3 is 0 Å². The Bertz CT molecular complexity index is 633. The second-order valence-corrected chi connectivity index (χ2v) is 6.23. The van der Waals surface area contributed by atoms with Gasteiger partial charge in [-0.1, -0.05) is 24.3 Å². The summed E-state index contributed by atoms with van der Waals surface area (Å²) in [5.74, 6) is 1.69. The molecule has 0 aliphatic carbocycles. The highest BCUT2D eigenvalue weighted by atomic mass is 16.5. The Kier molecular flexibility index (Phi) is 5.59. The first-order valence-electron chi connectivity index (χ1n) is 8.53. The minimum Gasteiger partial charge on any atom is -0.497 e. The van der Waals surface area contributed by atoms with Crippen molar-refractivity contribution in [2.75, 3.05) is 45.3 Å². The number of ether oxygens (including phenoxy) is 2. The zero-order valence-electron chi connectivity index (χ0n) is 14.5. The Morgan fingerprint density at radius 3 is 2.67 bits per heavy atom. The number of anilines is 1. The summed E-state index contributed by atoms with van der Waals surface area (Å²) < 4.78 is 11.1. The highest BCUT2D eigenvalue weighted by Crippen LogP contribution is 2.22. The van der Waals surface area contributed by atoms with Gasteiger partial charge in [-0.2, -0.15) is 0 Å². The molecule has 4 nitrogen and oxygen atoms in total. The number of benzene rings is 2. The molecule has 0 saturated carbocycles. The predicted molar refractivity (Wildman–Crippen MR) is 98.2 cm³/mol. The quantitative estimate of drug-likeness (QED) is 0.779. The number of hydrogen-bond donors (Lipinski definition) is 0. The van der Waals surface area contributed by atoms with Crippen molar-refractivity contribution in [3.63, 3.8) is 0 Å². The van der Waals surface area contributed by atoms with E-state index in [9.17, 15) is 0 Å². The molecular weight excluding hydrogens is 300 g/mol. The summed E-state index contributed by atoms with van der Waals surface area (Å²) in [6, 6.07) is 19.0. The Morgan fingerprint density at radius 2 is 1.88 bits per heavy atom. The molecule has 2 aromatic carbocycles. The van der Waals surface area contributed by atoms with Gasteiger partial charge in [-0.25, -0.2) is 0 Å². The third-order valence-electron chi connectivity index (χ3n) is 4.66. The number of para-hydroxylation sites is 1. The summed E-state index contributed by atoms with van der Waals surface area (Å²) in [7, 11) is 3.86. The maximum Gasteiger partial charge on any atom is 0.123 e. The number of methoxy groups -OCH3 is 1. The van der Waals surface area contributed by atoms with Crippen LogP contribution in [0.1, 0.15) is 6.42 Å². The van der Waals surface area contributed by atoms with Crippen molar-refractivity contribution in [1.82, 2.24) is 4.90 Å². The zero-order chi connectivity index (χ0) is 16.8. The molecule has 1 aliphatic heterocycles. The minimum absolute atomic E-state index is 0.583. The van der Waals surface area contributed by atoms with Crippen LogP contribution in [0.2, 0.25) is 0 Å². The second kappa shape index (κ2) is 8.06. The van der Waals surface area contributed by atoms with E-state index in [2.05, 4.69) is 47.2 Å². The van der Waals surface area contributed by atoms with E-state index in [4.69, 9.17) is 9.47 Å². The molecule has 0 spiro atoms. The van der Waals surface area contributed by atoms with E-state index in [0.717, 1.165) is 31.1 Å². The van der Waals surface area contributed by atoms with Crippen LogP contribution in [0, 0.1) is 0 Å². The van der Waals surface area contributed by atoms with E-state index in [1.54, 1.807) is 7.11 Å². The number of hydrogen-bond acceptors (Lipinski definition) is 4. The fourth-order valence-corrected chi connectivity index (χ4v) is 3.16. The maximum atomic E-state index is 5.85. The molecule has 0 bridgehead atoms. The highest BCUT2D eigenvalue weighted by Gasteiger charge is 2.25. The van der Waals surface area contributed by atoms with E-state index in [0.29, 0.717) is 12.6 Å². The van der Waals surface area contributed by atoms with E-state index >= 15 is 0 Å². The lowest BCUT2D eigenvalue weighted by molar-refractivity contribution is 0.200. The zero-order valence-corrected chi connectivity index (χ0v) is 14.5. The van der Waals surface area contributed by atoms with E-state index in [1.807, 2.05) is 24.3 Å². The third-order valence-corrected chi connectivity index (χ3v) is 4.66. The van der Waals surface area contributed by atoms with Crippen molar-refractivity contribution in [3.05, 3.63) is 54.6 Å². The van der Waals surface area contributed by atoms with E-state index in [1.165, 1.54) is 12.1 Å². The van der Waals surface area contributed by atoms with Crippen molar-refractivity contribution >= 4 is 5.69 Å². The van der Waals surface area contributed by atoms with Gasteiger partial charge in [-0.3, -0.25) is 4.90 Å². The first kappa shape index (κ1) is 16.7. The van der Waals surface area contributed by atoms with Gasteiger partial charge in [0.2, 0.25) is 0 Å². The van der Waals surface area contributed by atoms with Crippen molar-refractivity contribution in [1.29, 1.82) is 0 Å². The fraction of sp³-hybridized carbons (Fsp3) is 0.400. The summed E-state index contributed by atoms with van der Waals surface area (Å²) in [6.07, 6.45) is 1.20. The van der Waals surface area contributed by atoms with Crippen LogP contribution in [0.15, 0.2) is 54.6 Å². The Morgan fingerprint density at radius 1 is 1.08 bits per heavy atom. The normalized spacial score (nSPS) is 17.3. The van der Waals surface area contributed by atoms with Crippen molar-refractivity contribution in [2.45, 2.75) is 12.5 Å². The lowest BCUT2D eigenvalue weighted by Crippen LogP contribution is -2.37. The van der Waals surface area contributed by atoms with Gasteiger partial charge in [0.05, 0.1) is 7.11 Å². The SMILES string of the molecule is COc1cccc(OCCN(C)C2CCN(c3ccccc3)C2)c1. The van der Waals surface area contributed by atoms with Gasteiger partial charge < -0.3 is 14.4 Å². The lowest BCUT2D eigenvalue weighted by Gasteiger charge is -2.25. The molecule has 1 unspecified atom stereocenters. The maximum absolute atomic E-state index is 5.85. The molecule has 1 fully saturated rings. The molecule has 1 aliphatic rings. The molecule has 0 radical (unpaired) electrons. The largest absolute Gasteiger partial charge is 0.497 e. The smallest absolute Gasteiger partial charge is 0.123 e. The Balaban J connectivity index is 1.45. The summed E-state index contributed by atoms with van der Waals surface area (Å²) >= 11 is 0. The first-order valence-corrected chi connectivity index (χ1v) is 8.53. The van der Waals surface area contributed by atoms with Gasteiger partial charge in [-0.15, -0.1) is 0 Å². The van der Waals surface area contributed by atoms with Crippen LogP contribution in [0.4, 0.5) is 5.69 Å². The first-order chi connectivity index (χ1) is 11.8. The van der Waals surface area contributed by atoms with Gasteiger partial charge in [0, 0.05) is 37.4 Å². The van der Waals surface area contributed by atoms with Crippen molar-refractivity contribution in [2.24, 2.45) is 0 Å².